The van der Waals surface area contributed by atoms with Crippen LogP contribution < -0.4 is 4.74 Å². The minimum absolute atomic E-state index is 0.161. The number of carbonyl (C=O) groups excluding carboxylic acids is 1. The third-order valence-electron chi connectivity index (χ3n) is 2.12. The lowest BCUT2D eigenvalue weighted by Crippen LogP contribution is -2.07. The molecule has 0 radical (unpaired) electrons. The standard InChI is InChI=1S/C11H11ClO5/c1-16-9-3-6(4-10(13)14)8(12)5-7(9)11(15)17-2/h3,5H,4H2,1-2H3,(H,13,14). The summed E-state index contributed by atoms with van der Waals surface area (Å²) in [5.41, 5.74) is 0.540. The SMILES string of the molecule is COC(=O)c1cc(Cl)c(CC(=O)O)cc1OC. The first-order valence-corrected chi connectivity index (χ1v) is 5.04. The van der Waals surface area contributed by atoms with E-state index in [1.165, 1.54) is 26.4 Å². The van der Waals surface area contributed by atoms with Gasteiger partial charge in [-0.15, -0.1) is 0 Å². The van der Waals surface area contributed by atoms with E-state index < -0.39 is 11.9 Å². The molecular weight excluding hydrogens is 248 g/mol. The van der Waals surface area contributed by atoms with Crippen LogP contribution in [0.2, 0.25) is 5.02 Å². The van der Waals surface area contributed by atoms with Crippen molar-refractivity contribution in [2.24, 2.45) is 0 Å². The molecule has 1 rings (SSSR count). The van der Waals surface area contributed by atoms with E-state index in [1.807, 2.05) is 0 Å². The van der Waals surface area contributed by atoms with Crippen LogP contribution in [0.4, 0.5) is 0 Å². The summed E-state index contributed by atoms with van der Waals surface area (Å²) < 4.78 is 9.55. The molecule has 0 aliphatic carbocycles. The topological polar surface area (TPSA) is 72.8 Å². The molecule has 17 heavy (non-hydrogen) atoms. The van der Waals surface area contributed by atoms with Crippen LogP contribution in [0.15, 0.2) is 12.1 Å². The monoisotopic (exact) mass is 258 g/mol. The average Bonchev–Trinajstić information content (AvgIpc) is 2.29. The number of aliphatic carboxylic acids is 1. The number of rotatable bonds is 4. The van der Waals surface area contributed by atoms with E-state index >= 15 is 0 Å². The summed E-state index contributed by atoms with van der Waals surface area (Å²) >= 11 is 5.88. The molecule has 1 N–H and O–H groups in total. The fraction of sp³-hybridized carbons (Fsp3) is 0.273. The Hall–Kier alpha value is -1.75. The smallest absolute Gasteiger partial charge is 0.341 e. The number of carboxylic acids is 1. The molecule has 1 aromatic rings. The fourth-order valence-corrected chi connectivity index (χ4v) is 1.56. The van der Waals surface area contributed by atoms with Gasteiger partial charge in [0.15, 0.2) is 0 Å². The van der Waals surface area contributed by atoms with Crippen molar-refractivity contribution in [2.45, 2.75) is 6.42 Å². The molecule has 0 unspecified atom stereocenters. The zero-order valence-electron chi connectivity index (χ0n) is 9.32. The quantitative estimate of drug-likeness (QED) is 0.833. The Bertz CT molecular complexity index is 455. The molecule has 0 aliphatic rings. The lowest BCUT2D eigenvalue weighted by Gasteiger charge is -2.10. The van der Waals surface area contributed by atoms with E-state index in [0.717, 1.165) is 0 Å². The molecule has 0 saturated heterocycles. The molecule has 6 heteroatoms. The number of ether oxygens (including phenoxy) is 2. The second-order valence-electron chi connectivity index (χ2n) is 3.21. The largest absolute Gasteiger partial charge is 0.496 e. The zero-order valence-corrected chi connectivity index (χ0v) is 10.1. The summed E-state index contributed by atoms with van der Waals surface area (Å²) in [6.45, 7) is 0. The molecule has 0 saturated carbocycles. The van der Waals surface area contributed by atoms with E-state index in [1.54, 1.807) is 0 Å². The van der Waals surface area contributed by atoms with Crippen molar-refractivity contribution >= 4 is 23.5 Å². The first-order valence-electron chi connectivity index (χ1n) is 4.66. The van der Waals surface area contributed by atoms with Gasteiger partial charge in [0.25, 0.3) is 0 Å². The molecule has 1 aromatic carbocycles. The molecule has 0 aliphatic heterocycles. The van der Waals surface area contributed by atoms with Crippen molar-refractivity contribution in [3.63, 3.8) is 0 Å². The van der Waals surface area contributed by atoms with Crippen molar-refractivity contribution in [3.05, 3.63) is 28.3 Å². The molecule has 0 aromatic heterocycles. The molecule has 0 atom stereocenters. The van der Waals surface area contributed by atoms with Gasteiger partial charge in [0, 0.05) is 5.02 Å². The Kier molecular flexibility index (Phi) is 4.34. The fourth-order valence-electron chi connectivity index (χ4n) is 1.33. The van der Waals surface area contributed by atoms with Gasteiger partial charge in [-0.3, -0.25) is 4.79 Å². The number of hydrogen-bond acceptors (Lipinski definition) is 4. The highest BCUT2D eigenvalue weighted by Crippen LogP contribution is 2.28. The Morgan fingerprint density at radius 2 is 2.00 bits per heavy atom. The maximum atomic E-state index is 11.4. The summed E-state index contributed by atoms with van der Waals surface area (Å²) in [5.74, 6) is -1.37. The lowest BCUT2D eigenvalue weighted by atomic mass is 10.1. The summed E-state index contributed by atoms with van der Waals surface area (Å²) in [5, 5.41) is 8.88. The van der Waals surface area contributed by atoms with E-state index in [4.69, 9.17) is 21.4 Å². The minimum Gasteiger partial charge on any atom is -0.496 e. The van der Waals surface area contributed by atoms with Gasteiger partial charge in [-0.25, -0.2) is 4.79 Å². The van der Waals surface area contributed by atoms with Crippen LogP contribution in [0, 0.1) is 0 Å². The maximum absolute atomic E-state index is 11.4. The summed E-state index contributed by atoms with van der Waals surface area (Å²) in [7, 11) is 2.61. The van der Waals surface area contributed by atoms with Crippen LogP contribution in [0.25, 0.3) is 0 Å². The number of carboxylic acid groups (broad SMARTS) is 1. The van der Waals surface area contributed by atoms with Gasteiger partial charge in [0.2, 0.25) is 0 Å². The normalized spacial score (nSPS) is 9.82. The molecule has 0 amide bonds. The van der Waals surface area contributed by atoms with Crippen molar-refractivity contribution < 1.29 is 24.2 Å². The van der Waals surface area contributed by atoms with Gasteiger partial charge in [-0.05, 0) is 17.7 Å². The average molecular weight is 259 g/mol. The molecule has 0 spiro atoms. The second-order valence-corrected chi connectivity index (χ2v) is 3.61. The second kappa shape index (κ2) is 5.54. The lowest BCUT2D eigenvalue weighted by molar-refractivity contribution is -0.136. The number of esters is 1. The Balaban J connectivity index is 3.24. The highest BCUT2D eigenvalue weighted by Gasteiger charge is 2.17. The van der Waals surface area contributed by atoms with Crippen LogP contribution in [0.3, 0.4) is 0 Å². The highest BCUT2D eigenvalue weighted by molar-refractivity contribution is 6.32. The number of carbonyl (C=O) groups is 2. The van der Waals surface area contributed by atoms with Crippen molar-refractivity contribution in [1.29, 1.82) is 0 Å². The summed E-state index contributed by atoms with van der Waals surface area (Å²) in [6, 6.07) is 2.76. The predicted molar refractivity (Wildman–Crippen MR) is 60.7 cm³/mol. The van der Waals surface area contributed by atoms with Crippen LogP contribution in [-0.2, 0) is 16.0 Å². The number of benzene rings is 1. The summed E-state index contributed by atoms with van der Waals surface area (Å²) in [6.07, 6.45) is -0.239. The van der Waals surface area contributed by atoms with E-state index in [0.29, 0.717) is 5.56 Å². The van der Waals surface area contributed by atoms with Gasteiger partial charge in [-0.2, -0.15) is 0 Å². The van der Waals surface area contributed by atoms with E-state index in [-0.39, 0.29) is 22.8 Å². The Morgan fingerprint density at radius 1 is 1.35 bits per heavy atom. The van der Waals surface area contributed by atoms with Gasteiger partial charge >= 0.3 is 11.9 Å². The summed E-state index contributed by atoms with van der Waals surface area (Å²) in [4.78, 5) is 22.0. The van der Waals surface area contributed by atoms with Crippen molar-refractivity contribution in [2.75, 3.05) is 14.2 Å². The highest BCUT2D eigenvalue weighted by atomic mass is 35.5. The van der Waals surface area contributed by atoms with E-state index in [2.05, 4.69) is 4.74 Å². The third-order valence-corrected chi connectivity index (χ3v) is 2.47. The molecule has 5 nitrogen and oxygen atoms in total. The number of hydrogen-bond donors (Lipinski definition) is 1. The van der Waals surface area contributed by atoms with Crippen LogP contribution in [0.1, 0.15) is 15.9 Å². The van der Waals surface area contributed by atoms with Gasteiger partial charge < -0.3 is 14.6 Å². The Labute approximate surface area is 103 Å². The Morgan fingerprint density at radius 3 is 2.47 bits per heavy atom. The maximum Gasteiger partial charge on any atom is 0.341 e. The molecule has 0 fully saturated rings. The minimum atomic E-state index is -1.01. The van der Waals surface area contributed by atoms with Crippen molar-refractivity contribution in [3.8, 4) is 5.75 Å². The number of methoxy groups -OCH3 is 2. The van der Waals surface area contributed by atoms with Gasteiger partial charge in [0.05, 0.1) is 20.6 Å². The number of halogens is 1. The van der Waals surface area contributed by atoms with E-state index in [9.17, 15) is 9.59 Å². The van der Waals surface area contributed by atoms with Crippen LogP contribution in [-0.4, -0.2) is 31.3 Å². The first kappa shape index (κ1) is 13.3. The zero-order chi connectivity index (χ0) is 13.0. The molecular formula is C11H11ClO5. The van der Waals surface area contributed by atoms with Crippen LogP contribution in [0.5, 0.6) is 5.75 Å². The molecule has 92 valence electrons. The predicted octanol–water partition coefficient (Wildman–Crippen LogP) is 1.76. The molecule has 0 bridgehead atoms. The van der Waals surface area contributed by atoms with Gasteiger partial charge in [0.1, 0.15) is 11.3 Å². The van der Waals surface area contributed by atoms with Crippen molar-refractivity contribution in [1.82, 2.24) is 0 Å². The molecule has 0 heterocycles. The third kappa shape index (κ3) is 3.10. The van der Waals surface area contributed by atoms with Gasteiger partial charge in [-0.1, -0.05) is 11.6 Å². The first-order chi connectivity index (χ1) is 7.99. The van der Waals surface area contributed by atoms with Crippen LogP contribution >= 0.6 is 11.6 Å².